The second-order valence-corrected chi connectivity index (χ2v) is 4.49. The maximum absolute atomic E-state index is 10.1. The van der Waals surface area contributed by atoms with Crippen molar-refractivity contribution >= 4 is 23.2 Å². The number of rotatable bonds is 3. The number of hydrogen-bond donors (Lipinski definition) is 1. The van der Waals surface area contributed by atoms with Gasteiger partial charge in [0.1, 0.15) is 0 Å². The van der Waals surface area contributed by atoms with Crippen molar-refractivity contribution in [1.29, 1.82) is 0 Å². The van der Waals surface area contributed by atoms with Gasteiger partial charge < -0.3 is 5.11 Å². The van der Waals surface area contributed by atoms with E-state index < -0.39 is 5.60 Å². The van der Waals surface area contributed by atoms with E-state index in [1.807, 2.05) is 6.92 Å². The number of hydrogen-bond acceptors (Lipinski definition) is 1. The molecule has 0 bridgehead atoms. The summed E-state index contributed by atoms with van der Waals surface area (Å²) in [4.78, 5) is 0. The van der Waals surface area contributed by atoms with E-state index in [2.05, 4.69) is 0 Å². The zero-order valence-corrected chi connectivity index (χ0v) is 9.86. The summed E-state index contributed by atoms with van der Waals surface area (Å²) in [6, 6.07) is 5.15. The molecule has 0 saturated heterocycles. The third-order valence-electron chi connectivity index (χ3n) is 2.25. The van der Waals surface area contributed by atoms with Crippen LogP contribution in [0.1, 0.15) is 32.3 Å². The third-order valence-corrected chi connectivity index (χ3v) is 2.81. The molecule has 1 nitrogen and oxygen atoms in total. The highest BCUT2D eigenvalue weighted by atomic mass is 35.5. The van der Waals surface area contributed by atoms with Crippen LogP contribution >= 0.6 is 23.2 Å². The summed E-state index contributed by atoms with van der Waals surface area (Å²) >= 11 is 11.9. The van der Waals surface area contributed by atoms with Gasteiger partial charge in [-0.05, 0) is 31.5 Å². The first-order chi connectivity index (χ1) is 6.47. The van der Waals surface area contributed by atoms with Crippen molar-refractivity contribution in [3.63, 3.8) is 0 Å². The Hall–Kier alpha value is -0.240. The lowest BCUT2D eigenvalue weighted by Crippen LogP contribution is -2.21. The van der Waals surface area contributed by atoms with Gasteiger partial charge in [-0.2, -0.15) is 0 Å². The molecular weight excluding hydrogens is 219 g/mol. The van der Waals surface area contributed by atoms with Gasteiger partial charge in [-0.15, -0.1) is 0 Å². The molecule has 14 heavy (non-hydrogen) atoms. The maximum Gasteiger partial charge on any atom is 0.0883 e. The lowest BCUT2D eigenvalue weighted by molar-refractivity contribution is 0.0471. The van der Waals surface area contributed by atoms with Gasteiger partial charge in [0.2, 0.25) is 0 Å². The van der Waals surface area contributed by atoms with Crippen molar-refractivity contribution < 1.29 is 5.11 Å². The molecule has 1 N–H and O–H groups in total. The van der Waals surface area contributed by atoms with Gasteiger partial charge >= 0.3 is 0 Å². The van der Waals surface area contributed by atoms with Crippen LogP contribution in [0.5, 0.6) is 0 Å². The van der Waals surface area contributed by atoms with E-state index in [1.54, 1.807) is 25.1 Å². The van der Waals surface area contributed by atoms with Crippen LogP contribution in [0.15, 0.2) is 18.2 Å². The van der Waals surface area contributed by atoms with E-state index in [-0.39, 0.29) is 0 Å². The highest BCUT2D eigenvalue weighted by molar-refractivity contribution is 6.33. The van der Waals surface area contributed by atoms with Crippen LogP contribution in [0.3, 0.4) is 0 Å². The van der Waals surface area contributed by atoms with Gasteiger partial charge in [0, 0.05) is 15.6 Å². The molecule has 0 fully saturated rings. The Morgan fingerprint density at radius 1 is 1.36 bits per heavy atom. The fourth-order valence-electron chi connectivity index (χ4n) is 1.53. The molecule has 1 atom stereocenters. The average Bonchev–Trinajstić information content (AvgIpc) is 2.09. The molecule has 0 aliphatic heterocycles. The fraction of sp³-hybridized carbons (Fsp3) is 0.455. The van der Waals surface area contributed by atoms with Crippen LogP contribution in [0.4, 0.5) is 0 Å². The van der Waals surface area contributed by atoms with Crippen molar-refractivity contribution in [2.75, 3.05) is 0 Å². The van der Waals surface area contributed by atoms with Gasteiger partial charge in [-0.3, -0.25) is 0 Å². The molecule has 0 amide bonds. The van der Waals surface area contributed by atoms with Crippen molar-refractivity contribution in [1.82, 2.24) is 0 Å². The standard InChI is InChI=1S/C11H14Cl2O/c1-3-6-11(2,14)9-7-8(12)4-5-10(9)13/h4-5,7,14H,3,6H2,1-2H3. The van der Waals surface area contributed by atoms with Crippen molar-refractivity contribution in [2.45, 2.75) is 32.3 Å². The van der Waals surface area contributed by atoms with E-state index in [4.69, 9.17) is 23.2 Å². The molecule has 0 radical (unpaired) electrons. The minimum atomic E-state index is -0.892. The average molecular weight is 233 g/mol. The van der Waals surface area contributed by atoms with Crippen LogP contribution in [0.25, 0.3) is 0 Å². The lowest BCUT2D eigenvalue weighted by Gasteiger charge is -2.24. The first-order valence-electron chi connectivity index (χ1n) is 4.65. The van der Waals surface area contributed by atoms with Crippen LogP contribution in [0, 0.1) is 0 Å². The maximum atomic E-state index is 10.1. The second-order valence-electron chi connectivity index (χ2n) is 3.65. The van der Waals surface area contributed by atoms with E-state index >= 15 is 0 Å². The second kappa shape index (κ2) is 4.52. The molecular formula is C11H14Cl2O. The Balaban J connectivity index is 3.10. The summed E-state index contributed by atoms with van der Waals surface area (Å²) in [5.74, 6) is 0. The summed E-state index contributed by atoms with van der Waals surface area (Å²) in [5.41, 5.74) is -0.190. The van der Waals surface area contributed by atoms with Crippen LogP contribution in [-0.2, 0) is 5.60 Å². The first kappa shape index (κ1) is 11.8. The van der Waals surface area contributed by atoms with Gasteiger partial charge in [-0.1, -0.05) is 36.5 Å². The molecule has 3 heteroatoms. The SMILES string of the molecule is CCCC(C)(O)c1cc(Cl)ccc1Cl. The van der Waals surface area contributed by atoms with Crippen LogP contribution in [-0.4, -0.2) is 5.11 Å². The van der Waals surface area contributed by atoms with Crippen molar-refractivity contribution in [3.8, 4) is 0 Å². The highest BCUT2D eigenvalue weighted by Gasteiger charge is 2.24. The Bertz CT molecular complexity index is 321. The molecule has 0 aromatic heterocycles. The molecule has 0 spiro atoms. The Kier molecular flexibility index (Phi) is 3.82. The molecule has 0 heterocycles. The minimum Gasteiger partial charge on any atom is -0.385 e. The van der Waals surface area contributed by atoms with Gasteiger partial charge in [0.25, 0.3) is 0 Å². The highest BCUT2D eigenvalue weighted by Crippen LogP contribution is 2.33. The predicted octanol–water partition coefficient (Wildman–Crippen LogP) is 4.00. The fourth-order valence-corrected chi connectivity index (χ4v) is 2.02. The zero-order valence-electron chi connectivity index (χ0n) is 8.35. The smallest absolute Gasteiger partial charge is 0.0883 e. The van der Waals surface area contributed by atoms with Gasteiger partial charge in [-0.25, -0.2) is 0 Å². The number of benzene rings is 1. The zero-order chi connectivity index (χ0) is 10.8. The largest absolute Gasteiger partial charge is 0.385 e. The van der Waals surface area contributed by atoms with Crippen molar-refractivity contribution in [3.05, 3.63) is 33.8 Å². The molecule has 0 aliphatic rings. The summed E-state index contributed by atoms with van der Waals surface area (Å²) in [5, 5.41) is 11.3. The van der Waals surface area contributed by atoms with Gasteiger partial charge in [0.05, 0.1) is 5.60 Å². The van der Waals surface area contributed by atoms with E-state index in [9.17, 15) is 5.11 Å². The lowest BCUT2D eigenvalue weighted by atomic mass is 9.91. The summed E-state index contributed by atoms with van der Waals surface area (Å²) in [7, 11) is 0. The third kappa shape index (κ3) is 2.63. The Labute approximate surface area is 94.7 Å². The molecule has 1 aromatic rings. The Morgan fingerprint density at radius 3 is 2.57 bits per heavy atom. The number of halogens is 2. The molecule has 1 rings (SSSR count). The van der Waals surface area contributed by atoms with E-state index in [0.29, 0.717) is 22.0 Å². The predicted molar refractivity (Wildman–Crippen MR) is 60.9 cm³/mol. The normalized spacial score (nSPS) is 15.2. The van der Waals surface area contributed by atoms with E-state index in [0.717, 1.165) is 6.42 Å². The van der Waals surface area contributed by atoms with Gasteiger partial charge in [0.15, 0.2) is 0 Å². The molecule has 1 aromatic carbocycles. The van der Waals surface area contributed by atoms with E-state index in [1.165, 1.54) is 0 Å². The minimum absolute atomic E-state index is 0.563. The van der Waals surface area contributed by atoms with Crippen LogP contribution in [0.2, 0.25) is 10.0 Å². The molecule has 0 saturated carbocycles. The summed E-state index contributed by atoms with van der Waals surface area (Å²) in [6.45, 7) is 3.78. The molecule has 0 aliphatic carbocycles. The van der Waals surface area contributed by atoms with Crippen LogP contribution < -0.4 is 0 Å². The quantitative estimate of drug-likeness (QED) is 0.836. The number of aliphatic hydroxyl groups is 1. The first-order valence-corrected chi connectivity index (χ1v) is 5.41. The molecule has 1 unspecified atom stereocenters. The topological polar surface area (TPSA) is 20.2 Å². The summed E-state index contributed by atoms with van der Waals surface area (Å²) in [6.07, 6.45) is 1.57. The summed E-state index contributed by atoms with van der Waals surface area (Å²) < 4.78 is 0. The molecule has 78 valence electrons. The monoisotopic (exact) mass is 232 g/mol. The Morgan fingerprint density at radius 2 is 2.00 bits per heavy atom. The van der Waals surface area contributed by atoms with Crippen molar-refractivity contribution in [2.24, 2.45) is 0 Å².